The summed E-state index contributed by atoms with van der Waals surface area (Å²) < 4.78 is 18.1. The number of hydrogen-bond donors (Lipinski definition) is 0. The molecule has 0 radical (unpaired) electrons. The third-order valence-corrected chi connectivity index (χ3v) is 3.53. The lowest BCUT2D eigenvalue weighted by molar-refractivity contribution is -0.142. The second-order valence-electron chi connectivity index (χ2n) is 4.09. The largest absolute Gasteiger partial charge is 0.466 e. The fourth-order valence-electron chi connectivity index (χ4n) is 1.66. The van der Waals surface area contributed by atoms with E-state index in [-0.39, 0.29) is 18.2 Å². The Morgan fingerprint density at radius 2 is 2.26 bits per heavy atom. The number of nitrogens with zero attached hydrogens (tertiary/aromatic N) is 1. The highest BCUT2D eigenvalue weighted by atomic mass is 32.1. The normalized spacial score (nSPS) is 10.5. The molecule has 0 bridgehead atoms. The highest BCUT2D eigenvalue weighted by Gasteiger charge is 2.10. The lowest BCUT2D eigenvalue weighted by Crippen LogP contribution is -2.07. The van der Waals surface area contributed by atoms with Gasteiger partial charge in [0.25, 0.3) is 0 Å². The maximum Gasteiger partial charge on any atom is 0.311 e. The summed E-state index contributed by atoms with van der Waals surface area (Å²) in [6.45, 7) is 3.85. The number of aromatic nitrogens is 1. The lowest BCUT2D eigenvalue weighted by atomic mass is 10.1. The zero-order chi connectivity index (χ0) is 13.8. The van der Waals surface area contributed by atoms with Crippen molar-refractivity contribution in [1.29, 1.82) is 0 Å². The van der Waals surface area contributed by atoms with Crippen LogP contribution in [0, 0.1) is 12.7 Å². The number of rotatable bonds is 4. The van der Waals surface area contributed by atoms with Crippen LogP contribution >= 0.6 is 11.3 Å². The summed E-state index contributed by atoms with van der Waals surface area (Å²) in [5.74, 6) is -0.512. The van der Waals surface area contributed by atoms with Crippen molar-refractivity contribution in [3.8, 4) is 10.6 Å². The third kappa shape index (κ3) is 3.38. The summed E-state index contributed by atoms with van der Waals surface area (Å²) in [6, 6.07) is 4.87. The fraction of sp³-hybridized carbons (Fsp3) is 0.286. The second-order valence-corrected chi connectivity index (χ2v) is 4.95. The van der Waals surface area contributed by atoms with Gasteiger partial charge in [-0.3, -0.25) is 4.79 Å². The monoisotopic (exact) mass is 279 g/mol. The van der Waals surface area contributed by atoms with Gasteiger partial charge < -0.3 is 4.74 Å². The molecular formula is C14H14FNO2S. The Morgan fingerprint density at radius 3 is 2.95 bits per heavy atom. The van der Waals surface area contributed by atoms with Crippen molar-refractivity contribution in [2.24, 2.45) is 0 Å². The van der Waals surface area contributed by atoms with Gasteiger partial charge in [0.2, 0.25) is 0 Å². The van der Waals surface area contributed by atoms with Crippen LogP contribution in [0.4, 0.5) is 4.39 Å². The molecule has 1 aromatic heterocycles. The van der Waals surface area contributed by atoms with Crippen LogP contribution in [0.25, 0.3) is 10.6 Å². The highest BCUT2D eigenvalue weighted by molar-refractivity contribution is 7.13. The molecule has 0 aliphatic carbocycles. The number of thiazole rings is 1. The SMILES string of the molecule is CCOC(=O)Cc1csc(-c2ccc(F)c(C)c2)n1. The van der Waals surface area contributed by atoms with Crippen LogP contribution in [0.15, 0.2) is 23.6 Å². The average molecular weight is 279 g/mol. The Balaban J connectivity index is 2.16. The van der Waals surface area contributed by atoms with Crippen LogP contribution in [-0.4, -0.2) is 17.6 Å². The zero-order valence-electron chi connectivity index (χ0n) is 10.8. The van der Waals surface area contributed by atoms with Crippen molar-refractivity contribution in [2.45, 2.75) is 20.3 Å². The molecule has 3 nitrogen and oxygen atoms in total. The molecule has 0 N–H and O–H groups in total. The van der Waals surface area contributed by atoms with Crippen LogP contribution < -0.4 is 0 Å². The summed E-state index contributed by atoms with van der Waals surface area (Å²) in [4.78, 5) is 15.7. The van der Waals surface area contributed by atoms with Gasteiger partial charge in [0.1, 0.15) is 10.8 Å². The first-order valence-electron chi connectivity index (χ1n) is 5.96. The number of halogens is 1. The minimum absolute atomic E-state index is 0.171. The molecule has 0 spiro atoms. The van der Waals surface area contributed by atoms with Crippen molar-refractivity contribution >= 4 is 17.3 Å². The molecule has 0 aliphatic heterocycles. The Bertz CT molecular complexity index is 595. The van der Waals surface area contributed by atoms with E-state index in [0.717, 1.165) is 10.6 Å². The van der Waals surface area contributed by atoms with Crippen LogP contribution in [0.5, 0.6) is 0 Å². The molecule has 0 atom stereocenters. The van der Waals surface area contributed by atoms with Gasteiger partial charge in [-0.05, 0) is 37.6 Å². The molecule has 0 saturated heterocycles. The van der Waals surface area contributed by atoms with Gasteiger partial charge in [-0.25, -0.2) is 9.37 Å². The first kappa shape index (κ1) is 13.7. The number of carbonyl (C=O) groups is 1. The van der Waals surface area contributed by atoms with E-state index in [4.69, 9.17) is 4.74 Å². The van der Waals surface area contributed by atoms with Gasteiger partial charge in [0, 0.05) is 10.9 Å². The summed E-state index contributed by atoms with van der Waals surface area (Å²) >= 11 is 1.44. The van der Waals surface area contributed by atoms with Gasteiger partial charge in [-0.2, -0.15) is 0 Å². The number of benzene rings is 1. The van der Waals surface area contributed by atoms with Gasteiger partial charge in [-0.1, -0.05) is 0 Å². The minimum Gasteiger partial charge on any atom is -0.466 e. The predicted molar refractivity (Wildman–Crippen MR) is 72.6 cm³/mol. The van der Waals surface area contributed by atoms with E-state index >= 15 is 0 Å². The van der Waals surface area contributed by atoms with E-state index in [1.807, 2.05) is 5.38 Å². The predicted octanol–water partition coefficient (Wildman–Crippen LogP) is 3.36. The third-order valence-electron chi connectivity index (χ3n) is 2.59. The van der Waals surface area contributed by atoms with Gasteiger partial charge >= 0.3 is 5.97 Å². The summed E-state index contributed by atoms with van der Waals surface area (Å²) in [5, 5.41) is 2.60. The molecule has 100 valence electrons. The number of aryl methyl sites for hydroxylation is 1. The van der Waals surface area contributed by atoms with Crippen LogP contribution in [0.1, 0.15) is 18.2 Å². The molecule has 0 saturated carbocycles. The van der Waals surface area contributed by atoms with E-state index in [9.17, 15) is 9.18 Å². The van der Waals surface area contributed by atoms with E-state index in [1.165, 1.54) is 17.4 Å². The summed E-state index contributed by atoms with van der Waals surface area (Å²) in [7, 11) is 0. The molecule has 5 heteroatoms. The van der Waals surface area contributed by atoms with Crippen molar-refractivity contribution in [1.82, 2.24) is 4.98 Å². The van der Waals surface area contributed by atoms with E-state index in [2.05, 4.69) is 4.98 Å². The molecule has 1 heterocycles. The Morgan fingerprint density at radius 1 is 1.47 bits per heavy atom. The molecule has 1 aromatic carbocycles. The summed E-state index contributed by atoms with van der Waals surface area (Å²) in [6.07, 6.45) is 0.171. The van der Waals surface area contributed by atoms with Gasteiger partial charge in [-0.15, -0.1) is 11.3 Å². The Kier molecular flexibility index (Phi) is 4.27. The number of esters is 1. The van der Waals surface area contributed by atoms with E-state index < -0.39 is 0 Å². The lowest BCUT2D eigenvalue weighted by Gasteiger charge is -2.00. The van der Waals surface area contributed by atoms with Crippen LogP contribution in [0.2, 0.25) is 0 Å². The molecular weight excluding hydrogens is 265 g/mol. The van der Waals surface area contributed by atoms with Gasteiger partial charge in [0.05, 0.1) is 18.7 Å². The average Bonchev–Trinajstić information content (AvgIpc) is 2.81. The molecule has 0 fully saturated rings. The van der Waals surface area contributed by atoms with Crippen molar-refractivity contribution in [3.05, 3.63) is 40.7 Å². The first-order chi connectivity index (χ1) is 9.10. The molecule has 0 aliphatic rings. The maximum atomic E-state index is 13.2. The standard InChI is InChI=1S/C14H14FNO2S/c1-3-18-13(17)7-11-8-19-14(16-11)10-4-5-12(15)9(2)6-10/h4-6,8H,3,7H2,1-2H3. The number of ether oxygens (including phenoxy) is 1. The zero-order valence-corrected chi connectivity index (χ0v) is 11.6. The van der Waals surface area contributed by atoms with Gasteiger partial charge in [0.15, 0.2) is 0 Å². The molecule has 2 aromatic rings. The van der Waals surface area contributed by atoms with Crippen molar-refractivity contribution in [2.75, 3.05) is 6.61 Å². The van der Waals surface area contributed by atoms with Crippen LogP contribution in [-0.2, 0) is 16.0 Å². The quantitative estimate of drug-likeness (QED) is 0.806. The molecule has 0 amide bonds. The molecule has 19 heavy (non-hydrogen) atoms. The van der Waals surface area contributed by atoms with E-state index in [1.54, 1.807) is 26.0 Å². The number of hydrogen-bond acceptors (Lipinski definition) is 4. The topological polar surface area (TPSA) is 39.2 Å². The smallest absolute Gasteiger partial charge is 0.311 e. The number of carbonyl (C=O) groups excluding carboxylic acids is 1. The highest BCUT2D eigenvalue weighted by Crippen LogP contribution is 2.25. The van der Waals surface area contributed by atoms with E-state index in [0.29, 0.717) is 17.9 Å². The van der Waals surface area contributed by atoms with Crippen molar-refractivity contribution < 1.29 is 13.9 Å². The maximum absolute atomic E-state index is 13.2. The van der Waals surface area contributed by atoms with Crippen molar-refractivity contribution in [3.63, 3.8) is 0 Å². The molecule has 2 rings (SSSR count). The fourth-order valence-corrected chi connectivity index (χ4v) is 2.48. The first-order valence-corrected chi connectivity index (χ1v) is 6.84. The second kappa shape index (κ2) is 5.93. The summed E-state index contributed by atoms with van der Waals surface area (Å²) in [5.41, 5.74) is 2.12. The van der Waals surface area contributed by atoms with Crippen LogP contribution in [0.3, 0.4) is 0 Å². The minimum atomic E-state index is -0.283. The molecule has 0 unspecified atom stereocenters. The Labute approximate surface area is 115 Å². The Hall–Kier alpha value is -1.75.